The van der Waals surface area contributed by atoms with Gasteiger partial charge in [-0.25, -0.2) is 4.98 Å². The second-order valence-electron chi connectivity index (χ2n) is 3.39. The van der Waals surface area contributed by atoms with Gasteiger partial charge in [-0.2, -0.15) is 0 Å². The molecule has 0 fully saturated rings. The van der Waals surface area contributed by atoms with Crippen molar-refractivity contribution < 1.29 is 4.42 Å². The number of hydrogen-bond donors (Lipinski definition) is 1. The van der Waals surface area contributed by atoms with Gasteiger partial charge in [0, 0.05) is 5.70 Å². The predicted octanol–water partition coefficient (Wildman–Crippen LogP) is 2.84. The normalized spacial score (nSPS) is 10.5. The standard InChI is InChI=1S/C12H14N2O/c1-3-9(2)13-8-12-14-10-6-4-5-7-11(10)15-12/h4-7,13H,2-3,8H2,1H3. The maximum atomic E-state index is 5.55. The molecule has 0 saturated carbocycles. The van der Waals surface area contributed by atoms with E-state index < -0.39 is 0 Å². The molecule has 3 nitrogen and oxygen atoms in total. The first-order chi connectivity index (χ1) is 7.29. The highest BCUT2D eigenvalue weighted by Gasteiger charge is 2.03. The first-order valence-corrected chi connectivity index (χ1v) is 5.05. The molecule has 1 N–H and O–H groups in total. The van der Waals surface area contributed by atoms with Crippen molar-refractivity contribution in [2.75, 3.05) is 0 Å². The van der Waals surface area contributed by atoms with Crippen LogP contribution in [0.25, 0.3) is 11.1 Å². The van der Waals surface area contributed by atoms with Gasteiger partial charge in [0.2, 0.25) is 5.89 Å². The monoisotopic (exact) mass is 202 g/mol. The van der Waals surface area contributed by atoms with E-state index in [1.54, 1.807) is 0 Å². The molecule has 2 rings (SSSR count). The molecule has 2 aromatic rings. The van der Waals surface area contributed by atoms with Gasteiger partial charge in [0.25, 0.3) is 0 Å². The van der Waals surface area contributed by atoms with Gasteiger partial charge in [0.05, 0.1) is 6.54 Å². The molecule has 0 unspecified atom stereocenters. The van der Waals surface area contributed by atoms with E-state index in [2.05, 4.69) is 23.8 Å². The van der Waals surface area contributed by atoms with Crippen LogP contribution in [0, 0.1) is 0 Å². The third-order valence-electron chi connectivity index (χ3n) is 2.25. The van der Waals surface area contributed by atoms with E-state index in [-0.39, 0.29) is 0 Å². The molecule has 78 valence electrons. The van der Waals surface area contributed by atoms with E-state index in [4.69, 9.17) is 4.42 Å². The highest BCUT2D eigenvalue weighted by atomic mass is 16.3. The molecule has 0 radical (unpaired) electrons. The zero-order chi connectivity index (χ0) is 10.7. The third-order valence-corrected chi connectivity index (χ3v) is 2.25. The number of aromatic nitrogens is 1. The van der Waals surface area contributed by atoms with Crippen LogP contribution in [-0.4, -0.2) is 4.98 Å². The Morgan fingerprint density at radius 2 is 2.27 bits per heavy atom. The molecule has 15 heavy (non-hydrogen) atoms. The maximum Gasteiger partial charge on any atom is 0.214 e. The van der Waals surface area contributed by atoms with Crippen molar-refractivity contribution in [2.45, 2.75) is 19.9 Å². The van der Waals surface area contributed by atoms with Gasteiger partial charge in [-0.3, -0.25) is 0 Å². The molecule has 0 atom stereocenters. The number of hydrogen-bond acceptors (Lipinski definition) is 3. The van der Waals surface area contributed by atoms with Gasteiger partial charge < -0.3 is 9.73 Å². The summed E-state index contributed by atoms with van der Waals surface area (Å²) in [7, 11) is 0. The minimum atomic E-state index is 0.599. The van der Waals surface area contributed by atoms with Crippen LogP contribution < -0.4 is 5.32 Å². The summed E-state index contributed by atoms with van der Waals surface area (Å²) in [6, 6.07) is 7.75. The molecule has 1 heterocycles. The number of benzene rings is 1. The van der Waals surface area contributed by atoms with Crippen molar-refractivity contribution in [3.05, 3.63) is 42.4 Å². The van der Waals surface area contributed by atoms with E-state index in [0.717, 1.165) is 23.2 Å². The summed E-state index contributed by atoms with van der Waals surface area (Å²) < 4.78 is 5.55. The van der Waals surface area contributed by atoms with Gasteiger partial charge in [0.15, 0.2) is 5.58 Å². The summed E-state index contributed by atoms with van der Waals surface area (Å²) in [5.74, 6) is 0.700. The van der Waals surface area contributed by atoms with Crippen molar-refractivity contribution in [2.24, 2.45) is 0 Å². The Balaban J connectivity index is 2.12. The summed E-state index contributed by atoms with van der Waals surface area (Å²) in [6.45, 7) is 6.52. The van der Waals surface area contributed by atoms with E-state index in [1.807, 2.05) is 24.3 Å². The minimum Gasteiger partial charge on any atom is -0.439 e. The summed E-state index contributed by atoms with van der Waals surface area (Å²) in [6.07, 6.45) is 0.917. The van der Waals surface area contributed by atoms with E-state index in [9.17, 15) is 0 Å². The molecular weight excluding hydrogens is 188 g/mol. The molecule has 1 aromatic carbocycles. The lowest BCUT2D eigenvalue weighted by atomic mass is 10.3. The second-order valence-corrected chi connectivity index (χ2v) is 3.39. The fourth-order valence-electron chi connectivity index (χ4n) is 1.32. The van der Waals surface area contributed by atoms with Gasteiger partial charge in [-0.1, -0.05) is 25.6 Å². The van der Waals surface area contributed by atoms with Crippen molar-refractivity contribution in [3.8, 4) is 0 Å². The largest absolute Gasteiger partial charge is 0.439 e. The molecule has 0 amide bonds. The Kier molecular flexibility index (Phi) is 2.72. The van der Waals surface area contributed by atoms with E-state index in [1.165, 1.54) is 0 Å². The predicted molar refractivity (Wildman–Crippen MR) is 60.3 cm³/mol. The number of allylic oxidation sites excluding steroid dienone is 1. The van der Waals surface area contributed by atoms with Crippen molar-refractivity contribution in [3.63, 3.8) is 0 Å². The molecule has 3 heteroatoms. The lowest BCUT2D eigenvalue weighted by molar-refractivity contribution is 0.510. The van der Waals surface area contributed by atoms with Crippen molar-refractivity contribution in [1.82, 2.24) is 10.3 Å². The van der Waals surface area contributed by atoms with Crippen molar-refractivity contribution in [1.29, 1.82) is 0 Å². The quantitative estimate of drug-likeness (QED) is 0.828. The molecule has 0 aliphatic heterocycles. The molecule has 0 saturated heterocycles. The summed E-state index contributed by atoms with van der Waals surface area (Å²) >= 11 is 0. The molecule has 0 aliphatic rings. The van der Waals surface area contributed by atoms with Crippen LogP contribution in [-0.2, 0) is 6.54 Å². The fraction of sp³-hybridized carbons (Fsp3) is 0.250. The van der Waals surface area contributed by atoms with E-state index in [0.29, 0.717) is 12.4 Å². The van der Waals surface area contributed by atoms with Crippen LogP contribution in [0.5, 0.6) is 0 Å². The fourth-order valence-corrected chi connectivity index (χ4v) is 1.32. The number of para-hydroxylation sites is 2. The van der Waals surface area contributed by atoms with Gasteiger partial charge >= 0.3 is 0 Å². The maximum absolute atomic E-state index is 5.55. The SMILES string of the molecule is C=C(CC)NCc1nc2ccccc2o1. The second kappa shape index (κ2) is 4.17. The Morgan fingerprint density at radius 1 is 1.47 bits per heavy atom. The van der Waals surface area contributed by atoms with Crippen LogP contribution in [0.3, 0.4) is 0 Å². The number of nitrogens with one attached hydrogen (secondary N) is 1. The van der Waals surface area contributed by atoms with E-state index >= 15 is 0 Å². The van der Waals surface area contributed by atoms with Crippen LogP contribution in [0.1, 0.15) is 19.2 Å². The van der Waals surface area contributed by atoms with Crippen LogP contribution in [0.2, 0.25) is 0 Å². The van der Waals surface area contributed by atoms with Crippen LogP contribution in [0.15, 0.2) is 41.0 Å². The van der Waals surface area contributed by atoms with Gasteiger partial charge in [-0.15, -0.1) is 0 Å². The average molecular weight is 202 g/mol. The molecule has 0 bridgehead atoms. The zero-order valence-corrected chi connectivity index (χ0v) is 8.79. The third kappa shape index (κ3) is 2.18. The smallest absolute Gasteiger partial charge is 0.214 e. The Hall–Kier alpha value is -1.77. The van der Waals surface area contributed by atoms with Crippen LogP contribution in [0.4, 0.5) is 0 Å². The minimum absolute atomic E-state index is 0.599. The Morgan fingerprint density at radius 3 is 3.00 bits per heavy atom. The molecule has 0 spiro atoms. The summed E-state index contributed by atoms with van der Waals surface area (Å²) in [4.78, 5) is 4.35. The first-order valence-electron chi connectivity index (χ1n) is 5.05. The number of fused-ring (bicyclic) bond motifs is 1. The molecular formula is C12H14N2O. The van der Waals surface area contributed by atoms with Crippen molar-refractivity contribution >= 4 is 11.1 Å². The average Bonchev–Trinajstić information content (AvgIpc) is 2.68. The van der Waals surface area contributed by atoms with Crippen LogP contribution >= 0.6 is 0 Å². The summed E-state index contributed by atoms with van der Waals surface area (Å²) in [5.41, 5.74) is 2.73. The highest BCUT2D eigenvalue weighted by molar-refractivity contribution is 5.72. The first kappa shape index (κ1) is 9.77. The molecule has 0 aliphatic carbocycles. The Labute approximate surface area is 88.8 Å². The van der Waals surface area contributed by atoms with Gasteiger partial charge in [-0.05, 0) is 18.6 Å². The number of oxazole rings is 1. The van der Waals surface area contributed by atoms with Gasteiger partial charge in [0.1, 0.15) is 5.52 Å². The lowest BCUT2D eigenvalue weighted by Gasteiger charge is -2.02. The zero-order valence-electron chi connectivity index (χ0n) is 8.79. The highest BCUT2D eigenvalue weighted by Crippen LogP contribution is 2.14. The Bertz CT molecular complexity index is 440. The topological polar surface area (TPSA) is 38.1 Å². The summed E-state index contributed by atoms with van der Waals surface area (Å²) in [5, 5.41) is 3.16. The number of rotatable bonds is 4. The number of nitrogens with zero attached hydrogens (tertiary/aromatic N) is 1. The molecule has 1 aromatic heterocycles. The lowest BCUT2D eigenvalue weighted by Crippen LogP contribution is -2.11.